The van der Waals surface area contributed by atoms with Gasteiger partial charge in [-0.3, -0.25) is 0 Å². The molecular weight excluding hydrogens is 250 g/mol. The van der Waals surface area contributed by atoms with Gasteiger partial charge in [-0.05, 0) is 35.9 Å². The van der Waals surface area contributed by atoms with Crippen molar-refractivity contribution in [3.05, 3.63) is 58.2 Å². The van der Waals surface area contributed by atoms with Crippen LogP contribution in [0.1, 0.15) is 26.2 Å². The first kappa shape index (κ1) is 13.9. The fourth-order valence-electron chi connectivity index (χ4n) is 3.11. The van der Waals surface area contributed by atoms with Gasteiger partial charge < -0.3 is 0 Å². The van der Waals surface area contributed by atoms with Gasteiger partial charge in [0.25, 0.3) is 0 Å². The third-order valence-corrected chi connectivity index (χ3v) is 8.19. The SMILES string of the molecule is CC(CN=[N+]=[N-])[SiH](C1=CC=CCC1)C1C=CC=CC1. The summed E-state index contributed by atoms with van der Waals surface area (Å²) < 4.78 is 0. The van der Waals surface area contributed by atoms with Gasteiger partial charge in [0.15, 0.2) is 0 Å². The van der Waals surface area contributed by atoms with E-state index in [1.54, 1.807) is 5.20 Å². The first-order valence-corrected chi connectivity index (χ1v) is 8.93. The first-order chi connectivity index (χ1) is 9.33. The van der Waals surface area contributed by atoms with E-state index in [-0.39, 0.29) is 0 Å². The van der Waals surface area contributed by atoms with Crippen LogP contribution in [0, 0.1) is 0 Å². The van der Waals surface area contributed by atoms with Crippen molar-refractivity contribution in [2.24, 2.45) is 5.11 Å². The van der Waals surface area contributed by atoms with Gasteiger partial charge in [-0.1, -0.05) is 59.8 Å². The molecule has 0 saturated heterocycles. The minimum atomic E-state index is -1.12. The lowest BCUT2D eigenvalue weighted by Crippen LogP contribution is -2.30. The Hall–Kier alpha value is -1.51. The Bertz CT molecular complexity index is 470. The Balaban J connectivity index is 2.18. The van der Waals surface area contributed by atoms with Crippen molar-refractivity contribution in [2.45, 2.75) is 37.3 Å². The lowest BCUT2D eigenvalue weighted by molar-refractivity contribution is 0.843. The summed E-state index contributed by atoms with van der Waals surface area (Å²) in [4.78, 5) is 2.93. The van der Waals surface area contributed by atoms with Crippen LogP contribution in [0.2, 0.25) is 11.1 Å². The molecule has 2 rings (SSSR count). The van der Waals surface area contributed by atoms with E-state index < -0.39 is 8.80 Å². The van der Waals surface area contributed by atoms with Crippen LogP contribution < -0.4 is 0 Å². The number of allylic oxidation sites excluding steroid dienone is 8. The Labute approximate surface area is 116 Å². The summed E-state index contributed by atoms with van der Waals surface area (Å²) >= 11 is 0. The van der Waals surface area contributed by atoms with Crippen LogP contribution in [0.15, 0.2) is 52.8 Å². The van der Waals surface area contributed by atoms with Gasteiger partial charge in [0.05, 0.1) is 8.80 Å². The lowest BCUT2D eigenvalue weighted by Gasteiger charge is -2.31. The maximum Gasteiger partial charge on any atom is 0.0756 e. The molecule has 0 aliphatic heterocycles. The van der Waals surface area contributed by atoms with Crippen molar-refractivity contribution in [1.29, 1.82) is 0 Å². The molecule has 0 aromatic rings. The Morgan fingerprint density at radius 1 is 1.42 bits per heavy atom. The average Bonchev–Trinajstić information content (AvgIpc) is 2.47. The van der Waals surface area contributed by atoms with Gasteiger partial charge in [-0.25, -0.2) is 0 Å². The predicted molar refractivity (Wildman–Crippen MR) is 83.7 cm³/mol. The smallest absolute Gasteiger partial charge is 0.0756 e. The highest BCUT2D eigenvalue weighted by molar-refractivity contribution is 6.70. The molecule has 2 aliphatic carbocycles. The minimum Gasteiger partial charge on any atom is -0.0940 e. The van der Waals surface area contributed by atoms with E-state index in [9.17, 15) is 0 Å². The van der Waals surface area contributed by atoms with Gasteiger partial charge in [-0.2, -0.15) is 0 Å². The standard InChI is InChI=1S/C15H21N3Si/c1-13(12-17-18-16)19(14-8-4-2-5-9-14)15-10-6-3-7-11-15/h2-6,8,10,13-14,19H,7,9,11-12H2,1H3. The van der Waals surface area contributed by atoms with Crippen LogP contribution in [0.25, 0.3) is 10.4 Å². The Kier molecular flexibility index (Phi) is 5.25. The number of hydrogen-bond donors (Lipinski definition) is 0. The van der Waals surface area contributed by atoms with E-state index in [1.165, 1.54) is 6.42 Å². The van der Waals surface area contributed by atoms with Crippen molar-refractivity contribution in [2.75, 3.05) is 6.54 Å². The molecule has 0 heterocycles. The second kappa shape index (κ2) is 7.17. The molecule has 0 saturated carbocycles. The normalized spacial score (nSPS) is 24.5. The van der Waals surface area contributed by atoms with E-state index in [0.717, 1.165) is 12.8 Å². The predicted octanol–water partition coefficient (Wildman–Crippen LogP) is 4.62. The van der Waals surface area contributed by atoms with E-state index in [2.05, 4.69) is 59.5 Å². The highest BCUT2D eigenvalue weighted by Crippen LogP contribution is 2.35. The van der Waals surface area contributed by atoms with E-state index >= 15 is 0 Å². The van der Waals surface area contributed by atoms with Crippen molar-refractivity contribution in [1.82, 2.24) is 0 Å². The van der Waals surface area contributed by atoms with E-state index in [0.29, 0.717) is 17.6 Å². The van der Waals surface area contributed by atoms with Gasteiger partial charge in [0, 0.05) is 11.5 Å². The molecule has 0 aromatic heterocycles. The van der Waals surface area contributed by atoms with Crippen LogP contribution in [-0.4, -0.2) is 15.3 Å². The number of hydrogen-bond acceptors (Lipinski definition) is 1. The zero-order chi connectivity index (χ0) is 13.5. The lowest BCUT2D eigenvalue weighted by atomic mass is 10.2. The number of rotatable bonds is 5. The summed E-state index contributed by atoms with van der Waals surface area (Å²) in [6.07, 6.45) is 19.2. The molecule has 100 valence electrons. The quantitative estimate of drug-likeness (QED) is 0.303. The maximum atomic E-state index is 8.54. The summed E-state index contributed by atoms with van der Waals surface area (Å²) in [6, 6.07) is 0. The van der Waals surface area contributed by atoms with Crippen molar-refractivity contribution < 1.29 is 0 Å². The summed E-state index contributed by atoms with van der Waals surface area (Å²) in [5, 5.41) is 5.46. The summed E-state index contributed by atoms with van der Waals surface area (Å²) in [5.41, 5.74) is 9.74. The topological polar surface area (TPSA) is 48.8 Å². The van der Waals surface area contributed by atoms with Crippen LogP contribution >= 0.6 is 0 Å². The van der Waals surface area contributed by atoms with Crippen molar-refractivity contribution in [3.8, 4) is 0 Å². The van der Waals surface area contributed by atoms with E-state index in [4.69, 9.17) is 5.53 Å². The fraction of sp³-hybridized carbons (Fsp3) is 0.467. The van der Waals surface area contributed by atoms with Crippen LogP contribution in [0.3, 0.4) is 0 Å². The fourth-order valence-corrected chi connectivity index (χ4v) is 7.20. The second-order valence-corrected chi connectivity index (χ2v) is 9.13. The molecule has 0 spiro atoms. The van der Waals surface area contributed by atoms with Crippen LogP contribution in [-0.2, 0) is 0 Å². The molecule has 3 unspecified atom stereocenters. The van der Waals surface area contributed by atoms with Crippen LogP contribution in [0.5, 0.6) is 0 Å². The van der Waals surface area contributed by atoms with E-state index in [1.807, 2.05) is 0 Å². The molecule has 0 N–H and O–H groups in total. The van der Waals surface area contributed by atoms with Gasteiger partial charge >= 0.3 is 0 Å². The zero-order valence-corrected chi connectivity index (χ0v) is 12.6. The third-order valence-electron chi connectivity index (χ3n) is 4.00. The molecule has 0 bridgehead atoms. The summed E-state index contributed by atoms with van der Waals surface area (Å²) in [5.74, 6) is 0. The van der Waals surface area contributed by atoms with Gasteiger partial charge in [0.2, 0.25) is 0 Å². The largest absolute Gasteiger partial charge is 0.0940 e. The number of azide groups is 1. The third kappa shape index (κ3) is 3.72. The van der Waals surface area contributed by atoms with Gasteiger partial charge in [-0.15, -0.1) is 0 Å². The molecule has 19 heavy (non-hydrogen) atoms. The zero-order valence-electron chi connectivity index (χ0n) is 11.4. The Morgan fingerprint density at radius 3 is 2.95 bits per heavy atom. The molecule has 2 aliphatic rings. The molecule has 3 atom stereocenters. The van der Waals surface area contributed by atoms with Crippen molar-refractivity contribution >= 4 is 8.80 Å². The Morgan fingerprint density at radius 2 is 2.32 bits per heavy atom. The second-order valence-electron chi connectivity index (χ2n) is 5.34. The minimum absolute atomic E-state index is 0.523. The highest BCUT2D eigenvalue weighted by Gasteiger charge is 2.29. The molecule has 4 heteroatoms. The molecule has 0 radical (unpaired) electrons. The van der Waals surface area contributed by atoms with Crippen molar-refractivity contribution in [3.63, 3.8) is 0 Å². The highest BCUT2D eigenvalue weighted by atomic mass is 28.3. The van der Waals surface area contributed by atoms with Gasteiger partial charge in [0.1, 0.15) is 0 Å². The summed E-state index contributed by atoms with van der Waals surface area (Å²) in [7, 11) is -1.12. The number of nitrogens with zero attached hydrogens (tertiary/aromatic N) is 3. The first-order valence-electron chi connectivity index (χ1n) is 7.02. The molecule has 0 amide bonds. The van der Waals surface area contributed by atoms with Crippen LogP contribution in [0.4, 0.5) is 0 Å². The molecule has 0 aromatic carbocycles. The molecular formula is C15H21N3Si. The maximum absolute atomic E-state index is 8.54. The molecule has 0 fully saturated rings. The monoisotopic (exact) mass is 271 g/mol. The average molecular weight is 271 g/mol. The molecule has 3 nitrogen and oxygen atoms in total. The summed E-state index contributed by atoms with van der Waals surface area (Å²) in [6.45, 7) is 2.90.